The van der Waals surface area contributed by atoms with Crippen LogP contribution in [0.4, 0.5) is 5.69 Å². The molecule has 2 aromatic heterocycles. The molecule has 3 aromatic rings. The van der Waals surface area contributed by atoms with Gasteiger partial charge in [0.2, 0.25) is 0 Å². The number of anilines is 1. The van der Waals surface area contributed by atoms with Crippen LogP contribution >= 0.6 is 12.2 Å². The van der Waals surface area contributed by atoms with Gasteiger partial charge in [-0.3, -0.25) is 14.2 Å². The summed E-state index contributed by atoms with van der Waals surface area (Å²) < 4.78 is 8.94. The molecule has 1 N–H and O–H groups in total. The highest BCUT2D eigenvalue weighted by Gasteiger charge is 2.33. The highest BCUT2D eigenvalue weighted by atomic mass is 32.1. The lowest BCUT2D eigenvalue weighted by molar-refractivity contribution is -0.113. The number of carbonyl (C=O) groups excluding carboxylic acids is 1. The molecule has 1 saturated heterocycles. The number of amides is 1. The van der Waals surface area contributed by atoms with Crippen molar-refractivity contribution in [2.24, 2.45) is 7.05 Å². The van der Waals surface area contributed by atoms with E-state index >= 15 is 0 Å². The van der Waals surface area contributed by atoms with Gasteiger partial charge in [0.25, 0.3) is 5.91 Å². The number of benzene rings is 1. The molecule has 8 nitrogen and oxygen atoms in total. The minimum atomic E-state index is -0.212. The molecule has 0 aliphatic carbocycles. The lowest BCUT2D eigenvalue weighted by atomic mass is 10.1. The number of aryl methyl sites for hydroxylation is 2. The first-order valence-corrected chi connectivity index (χ1v) is 9.39. The molecule has 1 aromatic carbocycles. The molecule has 0 bridgehead atoms. The Morgan fingerprint density at radius 1 is 1.34 bits per heavy atom. The Bertz CT molecular complexity index is 1120. The molecular formula is C20H20N6O2S. The molecule has 9 heteroatoms. The van der Waals surface area contributed by atoms with E-state index in [4.69, 9.17) is 17.0 Å². The quantitative estimate of drug-likeness (QED) is 0.515. The van der Waals surface area contributed by atoms with E-state index in [1.54, 1.807) is 30.3 Å². The summed E-state index contributed by atoms with van der Waals surface area (Å²) in [6.07, 6.45) is 7.18. The molecule has 29 heavy (non-hydrogen) atoms. The Balaban J connectivity index is 1.65. The Kier molecular flexibility index (Phi) is 4.89. The van der Waals surface area contributed by atoms with Gasteiger partial charge in [0.05, 0.1) is 25.0 Å². The van der Waals surface area contributed by atoms with E-state index in [2.05, 4.69) is 15.5 Å². The van der Waals surface area contributed by atoms with E-state index in [0.717, 1.165) is 22.6 Å². The van der Waals surface area contributed by atoms with Gasteiger partial charge in [-0.1, -0.05) is 6.07 Å². The number of nitrogens with one attached hydrogen (secondary N) is 1. The Morgan fingerprint density at radius 2 is 2.17 bits per heavy atom. The fraction of sp³-hybridized carbons (Fsp3) is 0.200. The van der Waals surface area contributed by atoms with Crippen molar-refractivity contribution in [2.75, 3.05) is 12.0 Å². The van der Waals surface area contributed by atoms with Gasteiger partial charge in [-0.15, -0.1) is 0 Å². The van der Waals surface area contributed by atoms with Crippen molar-refractivity contribution in [3.05, 3.63) is 65.4 Å². The molecule has 148 valence electrons. The van der Waals surface area contributed by atoms with Crippen molar-refractivity contribution in [3.63, 3.8) is 0 Å². The summed E-state index contributed by atoms with van der Waals surface area (Å²) in [6, 6.07) is 7.62. The third-order valence-corrected chi connectivity index (χ3v) is 4.90. The van der Waals surface area contributed by atoms with E-state index in [1.165, 1.54) is 4.90 Å². The molecule has 1 amide bonds. The molecule has 0 saturated carbocycles. The van der Waals surface area contributed by atoms with Gasteiger partial charge in [0, 0.05) is 31.2 Å². The SMILES string of the molecule is COc1ccc(/C=C2/NC(=S)N(c3cn(C)nc3C)C2=O)cc1Cn1cccn1. The van der Waals surface area contributed by atoms with E-state index in [-0.39, 0.29) is 5.91 Å². The van der Waals surface area contributed by atoms with Gasteiger partial charge in [-0.2, -0.15) is 10.2 Å². The molecule has 0 unspecified atom stereocenters. The van der Waals surface area contributed by atoms with Crippen LogP contribution in [0.25, 0.3) is 6.08 Å². The molecule has 1 fully saturated rings. The van der Waals surface area contributed by atoms with E-state index in [0.29, 0.717) is 23.0 Å². The van der Waals surface area contributed by atoms with Crippen LogP contribution in [0.5, 0.6) is 5.75 Å². The summed E-state index contributed by atoms with van der Waals surface area (Å²) in [6.45, 7) is 2.41. The molecule has 3 heterocycles. The maximum Gasteiger partial charge on any atom is 0.281 e. The second-order valence-electron chi connectivity index (χ2n) is 6.68. The first-order chi connectivity index (χ1) is 14.0. The highest BCUT2D eigenvalue weighted by molar-refractivity contribution is 7.80. The van der Waals surface area contributed by atoms with Crippen molar-refractivity contribution < 1.29 is 9.53 Å². The van der Waals surface area contributed by atoms with Crippen LogP contribution in [0.1, 0.15) is 16.8 Å². The smallest absolute Gasteiger partial charge is 0.281 e. The number of hydrogen-bond acceptors (Lipinski definition) is 5. The summed E-state index contributed by atoms with van der Waals surface area (Å²) in [4.78, 5) is 14.4. The summed E-state index contributed by atoms with van der Waals surface area (Å²) in [5.41, 5.74) is 3.63. The van der Waals surface area contributed by atoms with Crippen molar-refractivity contribution in [1.29, 1.82) is 0 Å². The molecule has 4 rings (SSSR count). The average Bonchev–Trinajstić information content (AvgIpc) is 3.37. The number of rotatable bonds is 5. The zero-order valence-electron chi connectivity index (χ0n) is 16.3. The molecular weight excluding hydrogens is 388 g/mol. The van der Waals surface area contributed by atoms with Crippen LogP contribution in [0.2, 0.25) is 0 Å². The normalized spacial score (nSPS) is 15.3. The second kappa shape index (κ2) is 7.51. The molecule has 0 radical (unpaired) electrons. The van der Waals surface area contributed by atoms with Crippen LogP contribution in [0.15, 0.2) is 48.6 Å². The van der Waals surface area contributed by atoms with E-state index in [1.807, 2.05) is 49.1 Å². The highest BCUT2D eigenvalue weighted by Crippen LogP contribution is 2.26. The number of thiocarbonyl (C=S) groups is 1. The molecule has 1 aliphatic rings. The fourth-order valence-electron chi connectivity index (χ4n) is 3.31. The van der Waals surface area contributed by atoms with Crippen molar-refractivity contribution >= 4 is 35.0 Å². The third-order valence-electron chi connectivity index (χ3n) is 4.61. The van der Waals surface area contributed by atoms with Crippen LogP contribution in [-0.4, -0.2) is 37.7 Å². The molecule has 1 aliphatic heterocycles. The predicted molar refractivity (Wildman–Crippen MR) is 113 cm³/mol. The van der Waals surface area contributed by atoms with Gasteiger partial charge in [-0.25, -0.2) is 4.90 Å². The number of methoxy groups -OCH3 is 1. The summed E-state index contributed by atoms with van der Waals surface area (Å²) >= 11 is 5.39. The first kappa shape index (κ1) is 18.9. The van der Waals surface area contributed by atoms with Gasteiger partial charge >= 0.3 is 0 Å². The van der Waals surface area contributed by atoms with Crippen LogP contribution in [0, 0.1) is 6.92 Å². The van der Waals surface area contributed by atoms with Crippen molar-refractivity contribution in [2.45, 2.75) is 13.5 Å². The molecule has 0 atom stereocenters. The number of nitrogens with zero attached hydrogens (tertiary/aromatic N) is 5. The van der Waals surface area contributed by atoms with Crippen molar-refractivity contribution in [1.82, 2.24) is 24.9 Å². The fourth-order valence-corrected chi connectivity index (χ4v) is 3.60. The van der Waals surface area contributed by atoms with Gasteiger partial charge in [0.15, 0.2) is 5.11 Å². The standard InChI is InChI=1S/C20H20N6O2S/c1-13-17(12-24(2)23-13)26-19(27)16(22-20(26)29)10-14-5-6-18(28-3)15(9-14)11-25-8-4-7-21-25/h4-10,12H,11H2,1-3H3,(H,22,29)/b16-10+. The monoisotopic (exact) mass is 408 g/mol. The Labute approximate surface area is 173 Å². The summed E-state index contributed by atoms with van der Waals surface area (Å²) in [5.74, 6) is 0.548. The lowest BCUT2D eigenvalue weighted by Gasteiger charge is -2.12. The number of aromatic nitrogens is 4. The maximum atomic E-state index is 13.0. The topological polar surface area (TPSA) is 77.2 Å². The maximum absolute atomic E-state index is 13.0. The molecule has 0 spiro atoms. The minimum absolute atomic E-state index is 0.212. The van der Waals surface area contributed by atoms with Crippen LogP contribution in [-0.2, 0) is 18.4 Å². The van der Waals surface area contributed by atoms with E-state index < -0.39 is 0 Å². The number of hydrogen-bond donors (Lipinski definition) is 1. The Morgan fingerprint density at radius 3 is 2.83 bits per heavy atom. The van der Waals surface area contributed by atoms with Gasteiger partial charge in [-0.05, 0) is 49.0 Å². The zero-order chi connectivity index (χ0) is 20.5. The van der Waals surface area contributed by atoms with Crippen LogP contribution in [0.3, 0.4) is 0 Å². The zero-order valence-corrected chi connectivity index (χ0v) is 17.1. The Hall–Kier alpha value is -3.46. The minimum Gasteiger partial charge on any atom is -0.496 e. The van der Waals surface area contributed by atoms with Crippen molar-refractivity contribution in [3.8, 4) is 5.75 Å². The van der Waals surface area contributed by atoms with E-state index in [9.17, 15) is 4.79 Å². The van der Waals surface area contributed by atoms with Crippen LogP contribution < -0.4 is 15.0 Å². The third kappa shape index (κ3) is 3.64. The predicted octanol–water partition coefficient (Wildman–Crippen LogP) is 2.24. The second-order valence-corrected chi connectivity index (χ2v) is 7.06. The van der Waals surface area contributed by atoms with Gasteiger partial charge in [0.1, 0.15) is 11.4 Å². The first-order valence-electron chi connectivity index (χ1n) is 8.98. The average molecular weight is 408 g/mol. The number of ether oxygens (including phenoxy) is 1. The lowest BCUT2D eigenvalue weighted by Crippen LogP contribution is -2.30. The largest absolute Gasteiger partial charge is 0.496 e. The summed E-state index contributed by atoms with van der Waals surface area (Å²) in [5, 5.41) is 11.9. The summed E-state index contributed by atoms with van der Waals surface area (Å²) in [7, 11) is 3.44. The van der Waals surface area contributed by atoms with Gasteiger partial charge < -0.3 is 10.1 Å². The number of carbonyl (C=O) groups is 1.